The third-order valence-corrected chi connectivity index (χ3v) is 4.31. The van der Waals surface area contributed by atoms with E-state index in [-0.39, 0.29) is 11.9 Å². The third-order valence-electron chi connectivity index (χ3n) is 3.34. The number of nitrogens with zero attached hydrogens (tertiary/aromatic N) is 2. The normalized spacial score (nSPS) is 14.4. The van der Waals surface area contributed by atoms with Crippen LogP contribution in [0.2, 0.25) is 0 Å². The SMILES string of the molecule is CC(NCC(c1cccs1)N(C)C)c1cncc(F)c1. The molecule has 2 unspecified atom stereocenters. The molecule has 3 nitrogen and oxygen atoms in total. The summed E-state index contributed by atoms with van der Waals surface area (Å²) in [6.07, 6.45) is 2.93. The Morgan fingerprint density at radius 3 is 2.80 bits per heavy atom. The van der Waals surface area contributed by atoms with E-state index in [1.165, 1.54) is 17.1 Å². The molecule has 20 heavy (non-hydrogen) atoms. The molecule has 0 aliphatic heterocycles. The van der Waals surface area contributed by atoms with Crippen molar-refractivity contribution in [2.75, 3.05) is 20.6 Å². The molecule has 0 aliphatic carbocycles. The lowest BCUT2D eigenvalue weighted by molar-refractivity contribution is 0.285. The van der Waals surface area contributed by atoms with Crippen LogP contribution >= 0.6 is 11.3 Å². The molecule has 0 saturated heterocycles. The molecule has 0 aliphatic rings. The molecule has 0 amide bonds. The van der Waals surface area contributed by atoms with Crippen molar-refractivity contribution in [3.8, 4) is 0 Å². The summed E-state index contributed by atoms with van der Waals surface area (Å²) in [6.45, 7) is 2.84. The standard InChI is InChI=1S/C15H20FN3S/c1-11(12-7-13(16)9-17-8-12)18-10-14(19(2)3)15-5-4-6-20-15/h4-9,11,14,18H,10H2,1-3H3. The second-order valence-corrected chi connectivity index (χ2v) is 6.04. The molecule has 1 N–H and O–H groups in total. The first-order valence-corrected chi connectivity index (χ1v) is 7.49. The van der Waals surface area contributed by atoms with Crippen molar-refractivity contribution < 1.29 is 4.39 Å². The lowest BCUT2D eigenvalue weighted by Crippen LogP contribution is -2.32. The zero-order valence-electron chi connectivity index (χ0n) is 12.0. The van der Waals surface area contributed by atoms with Gasteiger partial charge >= 0.3 is 0 Å². The van der Waals surface area contributed by atoms with E-state index in [0.717, 1.165) is 12.1 Å². The Morgan fingerprint density at radius 1 is 1.40 bits per heavy atom. The van der Waals surface area contributed by atoms with Crippen molar-refractivity contribution in [3.63, 3.8) is 0 Å². The average molecular weight is 293 g/mol. The molecule has 0 bridgehead atoms. The van der Waals surface area contributed by atoms with Gasteiger partial charge in [0.2, 0.25) is 0 Å². The number of aromatic nitrogens is 1. The van der Waals surface area contributed by atoms with Gasteiger partial charge in [-0.2, -0.15) is 0 Å². The summed E-state index contributed by atoms with van der Waals surface area (Å²) in [5.74, 6) is -0.293. The molecule has 2 atom stereocenters. The van der Waals surface area contributed by atoms with E-state index >= 15 is 0 Å². The number of likely N-dealkylation sites (N-methyl/N-ethyl adjacent to an activating group) is 1. The Balaban J connectivity index is 1.99. The highest BCUT2D eigenvalue weighted by Gasteiger charge is 2.16. The summed E-state index contributed by atoms with van der Waals surface area (Å²) in [5, 5.41) is 5.54. The maximum Gasteiger partial charge on any atom is 0.141 e. The highest BCUT2D eigenvalue weighted by atomic mass is 32.1. The fraction of sp³-hybridized carbons (Fsp3) is 0.400. The number of nitrogens with one attached hydrogen (secondary N) is 1. The maximum absolute atomic E-state index is 13.2. The highest BCUT2D eigenvalue weighted by Crippen LogP contribution is 2.23. The van der Waals surface area contributed by atoms with Gasteiger partial charge in [-0.25, -0.2) is 4.39 Å². The van der Waals surface area contributed by atoms with Crippen LogP contribution in [0.4, 0.5) is 4.39 Å². The average Bonchev–Trinajstić information content (AvgIpc) is 2.92. The van der Waals surface area contributed by atoms with Crippen molar-refractivity contribution in [1.29, 1.82) is 0 Å². The van der Waals surface area contributed by atoms with Gasteiger partial charge in [-0.3, -0.25) is 4.98 Å². The van der Waals surface area contributed by atoms with Crippen LogP contribution in [0.15, 0.2) is 36.0 Å². The van der Waals surface area contributed by atoms with E-state index in [1.807, 2.05) is 6.92 Å². The summed E-state index contributed by atoms with van der Waals surface area (Å²) in [5.41, 5.74) is 0.869. The Kier molecular flexibility index (Phi) is 5.23. The van der Waals surface area contributed by atoms with E-state index in [2.05, 4.69) is 46.8 Å². The summed E-state index contributed by atoms with van der Waals surface area (Å²) in [7, 11) is 4.14. The van der Waals surface area contributed by atoms with Crippen LogP contribution in [0.1, 0.15) is 29.4 Å². The van der Waals surface area contributed by atoms with Crippen LogP contribution in [-0.2, 0) is 0 Å². The van der Waals surface area contributed by atoms with Gasteiger partial charge in [-0.1, -0.05) is 6.07 Å². The molecular weight excluding hydrogens is 273 g/mol. The smallest absolute Gasteiger partial charge is 0.141 e. The van der Waals surface area contributed by atoms with Gasteiger partial charge in [0.05, 0.1) is 12.2 Å². The van der Waals surface area contributed by atoms with E-state index < -0.39 is 0 Å². The van der Waals surface area contributed by atoms with Gasteiger partial charge in [0, 0.05) is 23.7 Å². The number of thiophene rings is 1. The van der Waals surface area contributed by atoms with E-state index in [9.17, 15) is 4.39 Å². The minimum atomic E-state index is -0.293. The van der Waals surface area contributed by atoms with Gasteiger partial charge in [0.25, 0.3) is 0 Å². The molecule has 2 aromatic heterocycles. The molecule has 0 spiro atoms. The maximum atomic E-state index is 13.2. The summed E-state index contributed by atoms with van der Waals surface area (Å²) in [6, 6.07) is 6.13. The van der Waals surface area contributed by atoms with Crippen LogP contribution in [0, 0.1) is 5.82 Å². The Labute approximate surface area is 123 Å². The molecular formula is C15H20FN3S. The third kappa shape index (κ3) is 3.85. The highest BCUT2D eigenvalue weighted by molar-refractivity contribution is 7.10. The lowest BCUT2D eigenvalue weighted by Gasteiger charge is -2.25. The van der Waals surface area contributed by atoms with Crippen LogP contribution in [-0.4, -0.2) is 30.5 Å². The molecule has 2 aromatic rings. The van der Waals surface area contributed by atoms with Gasteiger partial charge in [0.1, 0.15) is 5.82 Å². The van der Waals surface area contributed by atoms with Crippen molar-refractivity contribution in [3.05, 3.63) is 52.2 Å². The Bertz CT molecular complexity index is 528. The second kappa shape index (κ2) is 6.92. The first-order chi connectivity index (χ1) is 9.58. The van der Waals surface area contributed by atoms with E-state index in [0.29, 0.717) is 6.04 Å². The molecule has 2 rings (SSSR count). The minimum absolute atomic E-state index is 0.0700. The first-order valence-electron chi connectivity index (χ1n) is 6.61. The monoisotopic (exact) mass is 293 g/mol. The van der Waals surface area contributed by atoms with Gasteiger partial charge in [-0.05, 0) is 44.1 Å². The molecule has 2 heterocycles. The van der Waals surface area contributed by atoms with Crippen molar-refractivity contribution in [1.82, 2.24) is 15.2 Å². The van der Waals surface area contributed by atoms with Gasteiger partial charge in [0.15, 0.2) is 0 Å². The van der Waals surface area contributed by atoms with E-state index in [1.54, 1.807) is 17.5 Å². The lowest BCUT2D eigenvalue weighted by atomic mass is 10.1. The topological polar surface area (TPSA) is 28.2 Å². The molecule has 5 heteroatoms. The van der Waals surface area contributed by atoms with Crippen molar-refractivity contribution in [2.45, 2.75) is 19.0 Å². The minimum Gasteiger partial charge on any atom is -0.308 e. The summed E-state index contributed by atoms with van der Waals surface area (Å²) in [4.78, 5) is 7.41. The predicted molar refractivity (Wildman–Crippen MR) is 81.4 cm³/mol. The van der Waals surface area contributed by atoms with Crippen molar-refractivity contribution in [2.24, 2.45) is 0 Å². The number of hydrogen-bond donors (Lipinski definition) is 1. The van der Waals surface area contributed by atoms with Crippen LogP contribution in [0.3, 0.4) is 0 Å². The summed E-state index contributed by atoms with van der Waals surface area (Å²) >= 11 is 1.76. The fourth-order valence-electron chi connectivity index (χ4n) is 2.09. The molecule has 0 fully saturated rings. The van der Waals surface area contributed by atoms with Gasteiger partial charge < -0.3 is 10.2 Å². The number of halogens is 1. The van der Waals surface area contributed by atoms with Gasteiger partial charge in [-0.15, -0.1) is 11.3 Å². The fourth-order valence-corrected chi connectivity index (χ4v) is 3.01. The molecule has 0 aromatic carbocycles. The quantitative estimate of drug-likeness (QED) is 0.886. The second-order valence-electron chi connectivity index (χ2n) is 5.06. The zero-order chi connectivity index (χ0) is 14.5. The largest absolute Gasteiger partial charge is 0.308 e. The predicted octanol–water partition coefficient (Wildman–Crippen LogP) is 3.24. The zero-order valence-corrected chi connectivity index (χ0v) is 12.8. The first kappa shape index (κ1) is 15.1. The number of hydrogen-bond acceptors (Lipinski definition) is 4. The van der Waals surface area contributed by atoms with Crippen molar-refractivity contribution >= 4 is 11.3 Å². The Morgan fingerprint density at radius 2 is 2.20 bits per heavy atom. The van der Waals surface area contributed by atoms with Crippen LogP contribution < -0.4 is 5.32 Å². The summed E-state index contributed by atoms with van der Waals surface area (Å²) < 4.78 is 13.2. The Hall–Kier alpha value is -1.30. The van der Waals surface area contributed by atoms with Crippen LogP contribution in [0.25, 0.3) is 0 Å². The van der Waals surface area contributed by atoms with Crippen LogP contribution in [0.5, 0.6) is 0 Å². The van der Waals surface area contributed by atoms with E-state index in [4.69, 9.17) is 0 Å². The molecule has 0 saturated carbocycles. The number of pyridine rings is 1. The molecule has 0 radical (unpaired) electrons. The number of rotatable bonds is 6. The molecule has 108 valence electrons.